The molecule has 0 bridgehead atoms. The van der Waals surface area contributed by atoms with E-state index in [0.717, 1.165) is 19.4 Å². The Morgan fingerprint density at radius 2 is 2.04 bits per heavy atom. The lowest BCUT2D eigenvalue weighted by atomic mass is 9.84. The summed E-state index contributed by atoms with van der Waals surface area (Å²) in [7, 11) is 0. The second kappa shape index (κ2) is 7.81. The lowest BCUT2D eigenvalue weighted by Crippen LogP contribution is -2.44. The number of benzene rings is 1. The lowest BCUT2D eigenvalue weighted by molar-refractivity contribution is -0.139. The first-order valence-corrected chi connectivity index (χ1v) is 10.3. The molecule has 25 heavy (non-hydrogen) atoms. The smallest absolute Gasteiger partial charge is 0.236 e. The van der Waals surface area contributed by atoms with E-state index in [1.54, 1.807) is 11.8 Å². The number of carbonyl (C=O) groups excluding carboxylic acids is 2. The fourth-order valence-electron chi connectivity index (χ4n) is 3.57. The lowest BCUT2D eigenvalue weighted by Gasteiger charge is -2.33. The van der Waals surface area contributed by atoms with E-state index >= 15 is 0 Å². The number of carbonyl (C=O) groups is 2. The van der Waals surface area contributed by atoms with Crippen molar-refractivity contribution in [2.45, 2.75) is 50.7 Å². The van der Waals surface area contributed by atoms with E-state index in [1.807, 2.05) is 35.8 Å². The van der Waals surface area contributed by atoms with Crippen LogP contribution < -0.4 is 0 Å². The van der Waals surface area contributed by atoms with Crippen molar-refractivity contribution in [3.05, 3.63) is 35.4 Å². The minimum atomic E-state index is -0.0259. The van der Waals surface area contributed by atoms with Gasteiger partial charge in [-0.05, 0) is 44.7 Å². The van der Waals surface area contributed by atoms with Gasteiger partial charge in [-0.2, -0.15) is 0 Å². The molecule has 0 aromatic heterocycles. The molecule has 2 unspecified atom stereocenters. The minimum absolute atomic E-state index is 0.0259. The number of hydrogen-bond donors (Lipinski definition) is 0. The van der Waals surface area contributed by atoms with E-state index in [1.165, 1.54) is 17.5 Å². The van der Waals surface area contributed by atoms with Crippen LogP contribution in [0.5, 0.6) is 0 Å². The van der Waals surface area contributed by atoms with E-state index in [4.69, 9.17) is 0 Å². The van der Waals surface area contributed by atoms with Gasteiger partial charge in [0.05, 0.1) is 5.25 Å². The van der Waals surface area contributed by atoms with Gasteiger partial charge in [0.2, 0.25) is 11.8 Å². The third kappa shape index (κ3) is 3.71. The predicted molar refractivity (Wildman–Crippen MR) is 102 cm³/mol. The fourth-order valence-corrected chi connectivity index (χ4v) is 4.98. The van der Waals surface area contributed by atoms with E-state index < -0.39 is 0 Å². The number of aryl methyl sites for hydroxylation is 1. The molecule has 5 heteroatoms. The zero-order valence-corrected chi connectivity index (χ0v) is 16.2. The van der Waals surface area contributed by atoms with Crippen LogP contribution in [0.2, 0.25) is 0 Å². The van der Waals surface area contributed by atoms with Crippen molar-refractivity contribution in [2.75, 3.05) is 19.6 Å². The second-order valence-electron chi connectivity index (χ2n) is 7.06. The van der Waals surface area contributed by atoms with Crippen molar-refractivity contribution in [1.29, 1.82) is 0 Å². The number of likely N-dealkylation sites (N-methyl/N-ethyl adjacent to an activating group) is 1. The Bertz CT molecular complexity index is 644. The van der Waals surface area contributed by atoms with Gasteiger partial charge in [-0.25, -0.2) is 0 Å². The maximum Gasteiger partial charge on any atom is 0.236 e. The highest BCUT2D eigenvalue weighted by molar-refractivity contribution is 8.01. The molecule has 4 nitrogen and oxygen atoms in total. The van der Waals surface area contributed by atoms with Gasteiger partial charge in [0.15, 0.2) is 0 Å². The van der Waals surface area contributed by atoms with Crippen LogP contribution in [0.3, 0.4) is 0 Å². The van der Waals surface area contributed by atoms with Gasteiger partial charge in [-0.1, -0.05) is 30.7 Å². The molecule has 0 N–H and O–H groups in total. The zero-order valence-electron chi connectivity index (χ0n) is 15.4. The Labute approximate surface area is 154 Å². The van der Waals surface area contributed by atoms with Crippen molar-refractivity contribution in [1.82, 2.24) is 9.80 Å². The zero-order chi connectivity index (χ0) is 18.0. The summed E-state index contributed by atoms with van der Waals surface area (Å²) in [4.78, 5) is 29.1. The average Bonchev–Trinajstić information content (AvgIpc) is 2.82. The van der Waals surface area contributed by atoms with E-state index in [2.05, 4.69) is 19.1 Å². The van der Waals surface area contributed by atoms with Crippen LogP contribution in [-0.4, -0.2) is 46.5 Å². The molecule has 1 aromatic carbocycles. The first-order valence-electron chi connectivity index (χ1n) is 9.33. The third-order valence-corrected chi connectivity index (χ3v) is 6.84. The minimum Gasteiger partial charge on any atom is -0.341 e. The topological polar surface area (TPSA) is 40.6 Å². The quantitative estimate of drug-likeness (QED) is 0.778. The van der Waals surface area contributed by atoms with E-state index in [9.17, 15) is 9.59 Å². The standard InChI is InChI=1S/C20H28N2O2S/c1-4-21(19(24)16-9-7-10-16)12-13-22-18(23)15(3)25-20(22)17-11-6-5-8-14(17)2/h5-6,8,11,15-16,20H,4,7,9-10,12-13H2,1-3H3. The summed E-state index contributed by atoms with van der Waals surface area (Å²) < 4.78 is 0. The third-order valence-electron chi connectivity index (χ3n) is 5.46. The summed E-state index contributed by atoms with van der Waals surface area (Å²) in [6.07, 6.45) is 3.22. The van der Waals surface area contributed by atoms with Crippen LogP contribution in [0.1, 0.15) is 49.6 Å². The Morgan fingerprint density at radius 1 is 1.32 bits per heavy atom. The van der Waals surface area contributed by atoms with Crippen LogP contribution >= 0.6 is 11.8 Å². The highest BCUT2D eigenvalue weighted by Gasteiger charge is 2.39. The second-order valence-corrected chi connectivity index (χ2v) is 8.49. The molecule has 1 aliphatic heterocycles. The monoisotopic (exact) mass is 360 g/mol. The molecular weight excluding hydrogens is 332 g/mol. The molecule has 0 radical (unpaired) electrons. The van der Waals surface area contributed by atoms with Gasteiger partial charge < -0.3 is 9.80 Å². The Kier molecular flexibility index (Phi) is 5.72. The summed E-state index contributed by atoms with van der Waals surface area (Å²) >= 11 is 1.71. The molecule has 3 rings (SSSR count). The molecule has 2 aliphatic rings. The van der Waals surface area contributed by atoms with Gasteiger partial charge in [-0.15, -0.1) is 11.8 Å². The van der Waals surface area contributed by atoms with Crippen LogP contribution in [0.25, 0.3) is 0 Å². The number of nitrogens with zero attached hydrogens (tertiary/aromatic N) is 2. The van der Waals surface area contributed by atoms with Crippen molar-refractivity contribution in [3.63, 3.8) is 0 Å². The van der Waals surface area contributed by atoms with Crippen LogP contribution in [0.15, 0.2) is 24.3 Å². The normalized spacial score (nSPS) is 23.6. The van der Waals surface area contributed by atoms with Crippen molar-refractivity contribution in [2.24, 2.45) is 5.92 Å². The first kappa shape index (κ1) is 18.3. The average molecular weight is 361 g/mol. The molecule has 1 aliphatic carbocycles. The summed E-state index contributed by atoms with van der Waals surface area (Å²) in [5.74, 6) is 0.675. The number of hydrogen-bond acceptors (Lipinski definition) is 3. The Morgan fingerprint density at radius 3 is 2.64 bits per heavy atom. The van der Waals surface area contributed by atoms with E-state index in [0.29, 0.717) is 13.1 Å². The molecule has 1 heterocycles. The Hall–Kier alpha value is -1.49. The van der Waals surface area contributed by atoms with Crippen molar-refractivity contribution in [3.8, 4) is 0 Å². The maximum absolute atomic E-state index is 12.7. The summed E-state index contributed by atoms with van der Waals surface area (Å²) in [5.41, 5.74) is 2.42. The number of amides is 2. The largest absolute Gasteiger partial charge is 0.341 e. The predicted octanol–water partition coefficient (Wildman–Crippen LogP) is 3.61. The highest BCUT2D eigenvalue weighted by atomic mass is 32.2. The van der Waals surface area contributed by atoms with Gasteiger partial charge in [-0.3, -0.25) is 9.59 Å². The summed E-state index contributed by atoms with van der Waals surface area (Å²) in [5, 5.41) is 0.0308. The molecule has 1 saturated carbocycles. The molecule has 136 valence electrons. The van der Waals surface area contributed by atoms with Crippen LogP contribution in [-0.2, 0) is 9.59 Å². The van der Waals surface area contributed by atoms with Gasteiger partial charge in [0.1, 0.15) is 5.37 Å². The first-order chi connectivity index (χ1) is 12.0. The van der Waals surface area contributed by atoms with E-state index in [-0.39, 0.29) is 28.4 Å². The molecule has 1 aromatic rings. The fraction of sp³-hybridized carbons (Fsp3) is 0.600. The maximum atomic E-state index is 12.7. The molecule has 2 atom stereocenters. The Balaban J connectivity index is 1.70. The summed E-state index contributed by atoms with van der Waals surface area (Å²) in [6.45, 7) is 8.07. The van der Waals surface area contributed by atoms with Crippen molar-refractivity contribution < 1.29 is 9.59 Å². The molecular formula is C20H28N2O2S. The van der Waals surface area contributed by atoms with Crippen LogP contribution in [0, 0.1) is 12.8 Å². The van der Waals surface area contributed by atoms with Gasteiger partial charge >= 0.3 is 0 Å². The molecule has 2 amide bonds. The molecule has 0 spiro atoms. The highest BCUT2D eigenvalue weighted by Crippen LogP contribution is 2.43. The van der Waals surface area contributed by atoms with Gasteiger partial charge in [0.25, 0.3) is 0 Å². The summed E-state index contributed by atoms with van der Waals surface area (Å²) in [6, 6.07) is 8.28. The van der Waals surface area contributed by atoms with Crippen LogP contribution in [0.4, 0.5) is 0 Å². The number of rotatable bonds is 6. The SMILES string of the molecule is CCN(CCN1C(=O)C(C)SC1c1ccccc1C)C(=O)C1CCC1. The molecule has 1 saturated heterocycles. The molecule has 2 fully saturated rings. The number of thioether (sulfide) groups is 1. The van der Waals surface area contributed by atoms with Crippen molar-refractivity contribution >= 4 is 23.6 Å². The van der Waals surface area contributed by atoms with Gasteiger partial charge in [0, 0.05) is 25.6 Å².